The molecule has 1 atom stereocenters. The van der Waals surface area contributed by atoms with Gasteiger partial charge in [0.05, 0.1) is 17.1 Å². The van der Waals surface area contributed by atoms with E-state index in [1.165, 1.54) is 0 Å². The fraction of sp³-hybridized carbons (Fsp3) is 0.619. The fourth-order valence-electron chi connectivity index (χ4n) is 3.55. The van der Waals surface area contributed by atoms with Crippen molar-refractivity contribution in [2.45, 2.75) is 84.4 Å². The highest BCUT2D eigenvalue weighted by atomic mass is 16.5. The summed E-state index contributed by atoms with van der Waals surface area (Å²) in [6.45, 7) is 9.70. The van der Waals surface area contributed by atoms with Crippen LogP contribution < -0.4 is 5.32 Å². The molecule has 0 radical (unpaired) electrons. The summed E-state index contributed by atoms with van der Waals surface area (Å²) in [4.78, 5) is 30.0. The Balaban J connectivity index is 1.84. The monoisotopic (exact) mass is 386 g/mol. The summed E-state index contributed by atoms with van der Waals surface area (Å²) in [5, 5.41) is 8.01. The summed E-state index contributed by atoms with van der Waals surface area (Å²) >= 11 is 0. The fourth-order valence-corrected chi connectivity index (χ4v) is 3.55. The van der Waals surface area contributed by atoms with Crippen LogP contribution in [0.5, 0.6) is 0 Å². The summed E-state index contributed by atoms with van der Waals surface area (Å²) in [5.74, 6) is -0.617. The minimum absolute atomic E-state index is 0.118. The van der Waals surface area contributed by atoms with Crippen LogP contribution in [0.2, 0.25) is 0 Å². The highest BCUT2D eigenvalue weighted by Crippen LogP contribution is 2.25. The van der Waals surface area contributed by atoms with Crippen molar-refractivity contribution in [1.82, 2.24) is 20.1 Å². The van der Waals surface area contributed by atoms with E-state index in [-0.39, 0.29) is 23.9 Å². The standard InChI is InChI=1S/C21H30N4O3/c1-12(2)18-10-16(17-11-22-25(13(3)4)19(17)24-18)21(27)28-14(5)20(26)23-15-8-6-7-9-15/h10-15H,6-9H2,1-5H3,(H,23,26)/t14-/m1/s1. The van der Waals surface area contributed by atoms with Crippen molar-refractivity contribution in [3.05, 3.63) is 23.5 Å². The summed E-state index contributed by atoms with van der Waals surface area (Å²) in [5.41, 5.74) is 1.86. The number of esters is 1. The molecule has 1 amide bonds. The van der Waals surface area contributed by atoms with Crippen molar-refractivity contribution in [2.75, 3.05) is 0 Å². The zero-order chi connectivity index (χ0) is 20.4. The SMILES string of the molecule is CC(C)c1cc(C(=O)O[C@H](C)C(=O)NC2CCCC2)c2cnn(C(C)C)c2n1. The number of ether oxygens (including phenoxy) is 1. The minimum Gasteiger partial charge on any atom is -0.449 e. The number of carbonyl (C=O) groups excluding carboxylic acids is 2. The highest BCUT2D eigenvalue weighted by molar-refractivity contribution is 6.03. The summed E-state index contributed by atoms with van der Waals surface area (Å²) < 4.78 is 7.31. The topological polar surface area (TPSA) is 86.1 Å². The maximum absolute atomic E-state index is 12.9. The number of carbonyl (C=O) groups is 2. The van der Waals surface area contributed by atoms with Crippen LogP contribution in [0.15, 0.2) is 12.3 Å². The number of aromatic nitrogens is 3. The second-order valence-corrected chi connectivity index (χ2v) is 8.21. The van der Waals surface area contributed by atoms with Gasteiger partial charge in [0, 0.05) is 17.8 Å². The molecule has 7 heteroatoms. The van der Waals surface area contributed by atoms with Crippen LogP contribution in [-0.2, 0) is 9.53 Å². The number of rotatable bonds is 6. The maximum Gasteiger partial charge on any atom is 0.339 e. The normalized spacial score (nSPS) is 16.1. The van der Waals surface area contributed by atoms with Crippen LogP contribution >= 0.6 is 0 Å². The quantitative estimate of drug-likeness (QED) is 0.764. The molecule has 2 aromatic rings. The Bertz CT molecular complexity index is 866. The van der Waals surface area contributed by atoms with Gasteiger partial charge in [-0.3, -0.25) is 4.79 Å². The van der Waals surface area contributed by atoms with Crippen LogP contribution in [0.4, 0.5) is 0 Å². The third kappa shape index (κ3) is 4.18. The Kier molecular flexibility index (Phi) is 6.01. The second-order valence-electron chi connectivity index (χ2n) is 8.21. The Hall–Kier alpha value is -2.44. The number of amides is 1. The molecule has 0 aliphatic heterocycles. The van der Waals surface area contributed by atoms with Gasteiger partial charge in [-0.1, -0.05) is 26.7 Å². The molecule has 1 N–H and O–H groups in total. The van der Waals surface area contributed by atoms with E-state index in [9.17, 15) is 9.59 Å². The van der Waals surface area contributed by atoms with Gasteiger partial charge in [-0.25, -0.2) is 14.5 Å². The van der Waals surface area contributed by atoms with Gasteiger partial charge in [0.1, 0.15) is 0 Å². The molecule has 0 saturated heterocycles. The molecule has 0 bridgehead atoms. The predicted octanol–water partition coefficient (Wildman–Crippen LogP) is 3.74. The van der Waals surface area contributed by atoms with Gasteiger partial charge >= 0.3 is 5.97 Å². The lowest BCUT2D eigenvalue weighted by Crippen LogP contribution is -2.40. The molecule has 0 unspecified atom stereocenters. The number of nitrogens with one attached hydrogen (secondary N) is 1. The first-order valence-corrected chi connectivity index (χ1v) is 10.2. The molecule has 3 rings (SSSR count). The molecule has 152 valence electrons. The molecule has 7 nitrogen and oxygen atoms in total. The number of hydrogen-bond acceptors (Lipinski definition) is 5. The maximum atomic E-state index is 12.9. The zero-order valence-electron chi connectivity index (χ0n) is 17.4. The van der Waals surface area contributed by atoms with Crippen LogP contribution in [0.1, 0.15) is 88.3 Å². The van der Waals surface area contributed by atoms with Crippen molar-refractivity contribution >= 4 is 22.9 Å². The molecule has 0 aromatic carbocycles. The number of fused-ring (bicyclic) bond motifs is 1. The van der Waals surface area contributed by atoms with Crippen LogP contribution in [0.25, 0.3) is 11.0 Å². The largest absolute Gasteiger partial charge is 0.449 e. The molecular formula is C21H30N4O3. The molecule has 1 aliphatic rings. The summed E-state index contributed by atoms with van der Waals surface area (Å²) in [6.07, 6.45) is 5.04. The third-order valence-electron chi connectivity index (χ3n) is 5.24. The number of nitrogens with zero attached hydrogens (tertiary/aromatic N) is 3. The van der Waals surface area contributed by atoms with Crippen molar-refractivity contribution in [1.29, 1.82) is 0 Å². The Morgan fingerprint density at radius 2 is 1.86 bits per heavy atom. The molecule has 1 aliphatic carbocycles. The van der Waals surface area contributed by atoms with Crippen LogP contribution in [-0.4, -0.2) is 38.8 Å². The average Bonchev–Trinajstić information content (AvgIpc) is 3.29. The zero-order valence-corrected chi connectivity index (χ0v) is 17.4. The first-order valence-electron chi connectivity index (χ1n) is 10.2. The average molecular weight is 386 g/mol. The summed E-state index contributed by atoms with van der Waals surface area (Å²) in [6, 6.07) is 2.06. The van der Waals surface area contributed by atoms with Gasteiger partial charge in [-0.2, -0.15) is 5.10 Å². The molecular weight excluding hydrogens is 356 g/mol. The molecule has 1 saturated carbocycles. The van der Waals surface area contributed by atoms with E-state index >= 15 is 0 Å². The lowest BCUT2D eigenvalue weighted by molar-refractivity contribution is -0.129. The van der Waals surface area contributed by atoms with E-state index in [0.29, 0.717) is 16.6 Å². The van der Waals surface area contributed by atoms with Gasteiger partial charge in [-0.05, 0) is 45.6 Å². The van der Waals surface area contributed by atoms with Gasteiger partial charge < -0.3 is 10.1 Å². The van der Waals surface area contributed by atoms with Crippen LogP contribution in [0.3, 0.4) is 0 Å². The molecule has 28 heavy (non-hydrogen) atoms. The summed E-state index contributed by atoms with van der Waals surface area (Å²) in [7, 11) is 0. The van der Waals surface area contributed by atoms with Crippen molar-refractivity contribution in [3.63, 3.8) is 0 Å². The van der Waals surface area contributed by atoms with Crippen molar-refractivity contribution in [2.24, 2.45) is 0 Å². The van der Waals surface area contributed by atoms with E-state index in [4.69, 9.17) is 9.72 Å². The Morgan fingerprint density at radius 3 is 2.46 bits per heavy atom. The van der Waals surface area contributed by atoms with E-state index in [1.807, 2.05) is 27.7 Å². The lowest BCUT2D eigenvalue weighted by Gasteiger charge is -2.18. The van der Waals surface area contributed by atoms with Crippen LogP contribution in [0, 0.1) is 0 Å². The number of hydrogen-bond donors (Lipinski definition) is 1. The third-order valence-corrected chi connectivity index (χ3v) is 5.24. The first-order chi connectivity index (χ1) is 13.3. The Labute approximate surface area is 165 Å². The molecule has 2 aromatic heterocycles. The van der Waals surface area contributed by atoms with Gasteiger partial charge in [0.2, 0.25) is 0 Å². The van der Waals surface area contributed by atoms with Crippen molar-refractivity contribution in [3.8, 4) is 0 Å². The van der Waals surface area contributed by atoms with Gasteiger partial charge in [0.25, 0.3) is 5.91 Å². The number of pyridine rings is 1. The minimum atomic E-state index is -0.848. The Morgan fingerprint density at radius 1 is 1.18 bits per heavy atom. The van der Waals surface area contributed by atoms with Crippen molar-refractivity contribution < 1.29 is 14.3 Å². The lowest BCUT2D eigenvalue weighted by atomic mass is 10.1. The van der Waals surface area contributed by atoms with E-state index in [0.717, 1.165) is 31.4 Å². The first kappa shape index (κ1) is 20.3. The molecule has 2 heterocycles. The van der Waals surface area contributed by atoms with E-state index in [1.54, 1.807) is 23.9 Å². The smallest absolute Gasteiger partial charge is 0.339 e. The highest BCUT2D eigenvalue weighted by Gasteiger charge is 2.26. The molecule has 1 fully saturated rings. The second kappa shape index (κ2) is 8.29. The molecule has 0 spiro atoms. The predicted molar refractivity (Wildman–Crippen MR) is 107 cm³/mol. The van der Waals surface area contributed by atoms with E-state index in [2.05, 4.69) is 10.4 Å². The van der Waals surface area contributed by atoms with E-state index < -0.39 is 12.1 Å². The van der Waals surface area contributed by atoms with Gasteiger partial charge in [-0.15, -0.1) is 0 Å². The van der Waals surface area contributed by atoms with Gasteiger partial charge in [0.15, 0.2) is 11.8 Å².